The molecule has 1 amide bonds. The highest BCUT2D eigenvalue weighted by molar-refractivity contribution is 5.91. The molecule has 1 aromatic heterocycles. The highest BCUT2D eigenvalue weighted by Gasteiger charge is 2.22. The average molecular weight is 318 g/mol. The van der Waals surface area contributed by atoms with E-state index in [4.69, 9.17) is 4.74 Å². The van der Waals surface area contributed by atoms with Crippen LogP contribution in [0, 0.1) is 5.92 Å². The van der Waals surface area contributed by atoms with Crippen LogP contribution in [-0.2, 0) is 9.53 Å². The van der Waals surface area contributed by atoms with Crippen molar-refractivity contribution in [3.05, 3.63) is 18.3 Å². The first-order valence-corrected chi connectivity index (χ1v) is 8.58. The van der Waals surface area contributed by atoms with Gasteiger partial charge in [0.25, 0.3) is 0 Å². The van der Waals surface area contributed by atoms with Crippen LogP contribution < -0.4 is 10.2 Å². The number of nitrogens with zero attached hydrogens (tertiary/aromatic N) is 3. The normalized spacial score (nSPS) is 20.5. The lowest BCUT2D eigenvalue weighted by atomic mass is 9.99. The number of amides is 1. The van der Waals surface area contributed by atoms with Crippen LogP contribution in [0.15, 0.2) is 18.3 Å². The van der Waals surface area contributed by atoms with E-state index in [-0.39, 0.29) is 11.8 Å². The summed E-state index contributed by atoms with van der Waals surface area (Å²) in [5.41, 5.74) is 1.13. The quantitative estimate of drug-likeness (QED) is 0.913. The zero-order chi connectivity index (χ0) is 16.1. The first-order chi connectivity index (χ1) is 11.3. The third-order valence-electron chi connectivity index (χ3n) is 4.78. The fourth-order valence-electron chi connectivity index (χ4n) is 3.16. The molecule has 23 heavy (non-hydrogen) atoms. The third kappa shape index (κ3) is 4.20. The van der Waals surface area contributed by atoms with Crippen molar-refractivity contribution in [1.82, 2.24) is 9.88 Å². The molecule has 1 N–H and O–H groups in total. The summed E-state index contributed by atoms with van der Waals surface area (Å²) in [5.74, 6) is 0.745. The number of ether oxygens (including phenoxy) is 1. The lowest BCUT2D eigenvalue weighted by Gasteiger charge is -2.35. The Kier molecular flexibility index (Phi) is 5.46. The highest BCUT2D eigenvalue weighted by Crippen LogP contribution is 2.19. The first-order valence-electron chi connectivity index (χ1n) is 8.58. The maximum absolute atomic E-state index is 12.2. The zero-order valence-electron chi connectivity index (χ0n) is 13.8. The van der Waals surface area contributed by atoms with E-state index in [9.17, 15) is 4.79 Å². The van der Waals surface area contributed by atoms with Gasteiger partial charge in [-0.3, -0.25) is 4.79 Å². The Hall–Kier alpha value is -1.66. The topological polar surface area (TPSA) is 57.7 Å². The molecule has 6 heteroatoms. The molecule has 0 spiro atoms. The molecule has 0 bridgehead atoms. The molecule has 3 heterocycles. The number of piperazine rings is 1. The van der Waals surface area contributed by atoms with Gasteiger partial charge in [0.15, 0.2) is 0 Å². The van der Waals surface area contributed by atoms with E-state index in [0.717, 1.165) is 51.3 Å². The number of carbonyl (C=O) groups excluding carboxylic acids is 1. The van der Waals surface area contributed by atoms with E-state index in [1.807, 2.05) is 18.3 Å². The summed E-state index contributed by atoms with van der Waals surface area (Å²) < 4.78 is 5.29. The minimum atomic E-state index is 0.0485. The molecule has 6 nitrogen and oxygen atoms in total. The Balaban J connectivity index is 1.53. The second-order valence-corrected chi connectivity index (χ2v) is 6.20. The molecule has 2 aliphatic rings. The van der Waals surface area contributed by atoms with Crippen LogP contribution in [0.25, 0.3) is 0 Å². The smallest absolute Gasteiger partial charge is 0.228 e. The predicted molar refractivity (Wildman–Crippen MR) is 90.7 cm³/mol. The van der Waals surface area contributed by atoms with Crippen molar-refractivity contribution in [2.24, 2.45) is 5.92 Å². The number of pyridine rings is 1. The highest BCUT2D eigenvalue weighted by atomic mass is 16.5. The van der Waals surface area contributed by atoms with Crippen LogP contribution in [0.4, 0.5) is 11.5 Å². The van der Waals surface area contributed by atoms with Crippen LogP contribution in [0.1, 0.15) is 19.8 Å². The second-order valence-electron chi connectivity index (χ2n) is 6.20. The Bertz CT molecular complexity index is 506. The fraction of sp³-hybridized carbons (Fsp3) is 0.647. The molecule has 0 atom stereocenters. The fourth-order valence-corrected chi connectivity index (χ4v) is 3.16. The third-order valence-corrected chi connectivity index (χ3v) is 4.78. The van der Waals surface area contributed by atoms with Crippen LogP contribution in [-0.4, -0.2) is 61.7 Å². The maximum Gasteiger partial charge on any atom is 0.228 e. The Morgan fingerprint density at radius 1 is 1.26 bits per heavy atom. The largest absolute Gasteiger partial charge is 0.381 e. The molecule has 0 aromatic carbocycles. The molecule has 0 saturated carbocycles. The molecule has 1 aromatic rings. The summed E-state index contributed by atoms with van der Waals surface area (Å²) in [6, 6.07) is 3.95. The molecule has 0 aliphatic carbocycles. The summed E-state index contributed by atoms with van der Waals surface area (Å²) in [4.78, 5) is 21.4. The van der Waals surface area contributed by atoms with E-state index >= 15 is 0 Å². The van der Waals surface area contributed by atoms with Crippen molar-refractivity contribution in [2.75, 3.05) is 56.2 Å². The number of carbonyl (C=O) groups is 1. The molecule has 2 saturated heterocycles. The van der Waals surface area contributed by atoms with Gasteiger partial charge in [-0.25, -0.2) is 4.98 Å². The van der Waals surface area contributed by atoms with Crippen molar-refractivity contribution in [3.8, 4) is 0 Å². The SMILES string of the molecule is CCN1CCN(c2ccc(NC(=O)C3CCOCC3)nc2)CC1. The summed E-state index contributed by atoms with van der Waals surface area (Å²) in [5, 5.41) is 2.93. The van der Waals surface area contributed by atoms with Gasteiger partial charge < -0.3 is 19.9 Å². The van der Waals surface area contributed by atoms with Crippen LogP contribution in [0.3, 0.4) is 0 Å². The minimum Gasteiger partial charge on any atom is -0.381 e. The van der Waals surface area contributed by atoms with Gasteiger partial charge in [-0.1, -0.05) is 6.92 Å². The maximum atomic E-state index is 12.2. The summed E-state index contributed by atoms with van der Waals surface area (Å²) >= 11 is 0. The molecule has 2 fully saturated rings. The number of likely N-dealkylation sites (N-methyl/N-ethyl adjacent to an activating group) is 1. The van der Waals surface area contributed by atoms with E-state index in [2.05, 4.69) is 27.0 Å². The predicted octanol–water partition coefficient (Wildman–Crippen LogP) is 1.59. The molecule has 3 rings (SSSR count). The second kappa shape index (κ2) is 7.75. The van der Waals surface area contributed by atoms with E-state index < -0.39 is 0 Å². The lowest BCUT2D eigenvalue weighted by Crippen LogP contribution is -2.46. The van der Waals surface area contributed by atoms with Crippen molar-refractivity contribution in [2.45, 2.75) is 19.8 Å². The Morgan fingerprint density at radius 2 is 2.00 bits per heavy atom. The molecule has 0 radical (unpaired) electrons. The lowest BCUT2D eigenvalue weighted by molar-refractivity contribution is -0.122. The Morgan fingerprint density at radius 3 is 2.61 bits per heavy atom. The molecule has 0 unspecified atom stereocenters. The van der Waals surface area contributed by atoms with Crippen molar-refractivity contribution in [1.29, 1.82) is 0 Å². The number of hydrogen-bond acceptors (Lipinski definition) is 5. The van der Waals surface area contributed by atoms with E-state index in [1.54, 1.807) is 0 Å². The minimum absolute atomic E-state index is 0.0485. The number of nitrogens with one attached hydrogen (secondary N) is 1. The van der Waals surface area contributed by atoms with Crippen LogP contribution in [0.5, 0.6) is 0 Å². The zero-order valence-corrected chi connectivity index (χ0v) is 13.8. The van der Waals surface area contributed by atoms with Gasteiger partial charge in [0.1, 0.15) is 5.82 Å². The monoisotopic (exact) mass is 318 g/mol. The van der Waals surface area contributed by atoms with Gasteiger partial charge in [0.05, 0.1) is 11.9 Å². The Labute approximate surface area is 137 Å². The van der Waals surface area contributed by atoms with Gasteiger partial charge in [-0.05, 0) is 31.5 Å². The number of aromatic nitrogens is 1. The van der Waals surface area contributed by atoms with Crippen molar-refractivity contribution in [3.63, 3.8) is 0 Å². The standard InChI is InChI=1S/C17H26N4O2/c1-2-20-7-9-21(10-8-20)15-3-4-16(18-13-15)19-17(22)14-5-11-23-12-6-14/h3-4,13-14H,2,5-12H2,1H3,(H,18,19,22). The number of rotatable bonds is 4. The van der Waals surface area contributed by atoms with E-state index in [1.165, 1.54) is 0 Å². The molecule has 126 valence electrons. The van der Waals surface area contributed by atoms with Crippen LogP contribution >= 0.6 is 0 Å². The van der Waals surface area contributed by atoms with Gasteiger partial charge in [0.2, 0.25) is 5.91 Å². The number of anilines is 2. The van der Waals surface area contributed by atoms with Crippen LogP contribution in [0.2, 0.25) is 0 Å². The summed E-state index contributed by atoms with van der Waals surface area (Å²) in [6.07, 6.45) is 3.46. The molecule has 2 aliphatic heterocycles. The first kappa shape index (κ1) is 16.2. The molecular weight excluding hydrogens is 292 g/mol. The van der Waals surface area contributed by atoms with Crippen molar-refractivity contribution >= 4 is 17.4 Å². The van der Waals surface area contributed by atoms with E-state index in [0.29, 0.717) is 19.0 Å². The average Bonchev–Trinajstić information content (AvgIpc) is 2.63. The van der Waals surface area contributed by atoms with Gasteiger partial charge in [-0.15, -0.1) is 0 Å². The molecular formula is C17H26N4O2. The number of hydrogen-bond donors (Lipinski definition) is 1. The van der Waals surface area contributed by atoms with Gasteiger partial charge >= 0.3 is 0 Å². The van der Waals surface area contributed by atoms with Gasteiger partial charge in [0, 0.05) is 45.3 Å². The van der Waals surface area contributed by atoms with Gasteiger partial charge in [-0.2, -0.15) is 0 Å². The van der Waals surface area contributed by atoms with Crippen molar-refractivity contribution < 1.29 is 9.53 Å². The summed E-state index contributed by atoms with van der Waals surface area (Å²) in [6.45, 7) is 8.92. The summed E-state index contributed by atoms with van der Waals surface area (Å²) in [7, 11) is 0.